The van der Waals surface area contributed by atoms with Gasteiger partial charge in [0, 0.05) is 5.02 Å². The second-order valence-corrected chi connectivity index (χ2v) is 9.34. The van der Waals surface area contributed by atoms with Crippen LogP contribution in [-0.4, -0.2) is 34.2 Å². The van der Waals surface area contributed by atoms with E-state index in [1.807, 2.05) is 6.07 Å². The van der Waals surface area contributed by atoms with E-state index >= 15 is 0 Å². The number of hydrogen-bond donors (Lipinski definition) is 1. The summed E-state index contributed by atoms with van der Waals surface area (Å²) in [6, 6.07) is 18.8. The summed E-state index contributed by atoms with van der Waals surface area (Å²) in [6.45, 7) is 1.37. The van der Waals surface area contributed by atoms with E-state index < -0.39 is 22.5 Å². The minimum absolute atomic E-state index is 0.298. The molecule has 0 fully saturated rings. The summed E-state index contributed by atoms with van der Waals surface area (Å²) >= 11 is 6.12. The Hall–Kier alpha value is -3.23. The first-order chi connectivity index (χ1) is 15.2. The van der Waals surface area contributed by atoms with E-state index in [-0.39, 0.29) is 0 Å². The molecule has 0 atom stereocenters. The summed E-state index contributed by atoms with van der Waals surface area (Å²) in [7, 11) is -2.18. The van der Waals surface area contributed by atoms with Crippen LogP contribution in [0.2, 0.25) is 5.02 Å². The number of carbonyl (C=O) groups excluding carboxylic acids is 1. The molecule has 0 aromatic heterocycles. The molecule has 0 aliphatic heterocycles. The number of ether oxygens (including phenoxy) is 2. The summed E-state index contributed by atoms with van der Waals surface area (Å²) in [5.74, 6) is 0.743. The number of halogens is 1. The Labute approximate surface area is 192 Å². The number of methoxy groups -OCH3 is 1. The molecule has 0 spiro atoms. The van der Waals surface area contributed by atoms with E-state index in [0.717, 1.165) is 16.1 Å². The molecule has 0 heterocycles. The first kappa shape index (κ1) is 23.4. The first-order valence-corrected chi connectivity index (χ1v) is 11.9. The van der Waals surface area contributed by atoms with Crippen LogP contribution in [0.4, 0.5) is 11.4 Å². The quantitative estimate of drug-likeness (QED) is 0.504. The van der Waals surface area contributed by atoms with Crippen molar-refractivity contribution in [3.8, 4) is 17.2 Å². The molecular weight excluding hydrogens is 452 g/mol. The highest BCUT2D eigenvalue weighted by Crippen LogP contribution is 2.36. The van der Waals surface area contributed by atoms with Crippen LogP contribution in [0.1, 0.15) is 5.56 Å². The lowest BCUT2D eigenvalue weighted by Crippen LogP contribution is -2.37. The van der Waals surface area contributed by atoms with E-state index in [4.69, 9.17) is 21.1 Å². The fourth-order valence-electron chi connectivity index (χ4n) is 3.05. The number of benzene rings is 3. The maximum Gasteiger partial charge on any atom is 0.245 e. The molecule has 0 radical (unpaired) electrons. The number of amides is 1. The van der Waals surface area contributed by atoms with Crippen LogP contribution in [0.3, 0.4) is 0 Å². The zero-order chi connectivity index (χ0) is 23.3. The Bertz CT molecular complexity index is 1230. The molecule has 1 amide bonds. The third-order valence-electron chi connectivity index (χ3n) is 4.58. The third-order valence-corrected chi connectivity index (χ3v) is 5.94. The van der Waals surface area contributed by atoms with E-state index in [1.165, 1.54) is 13.2 Å². The summed E-state index contributed by atoms with van der Waals surface area (Å²) < 4.78 is 37.1. The van der Waals surface area contributed by atoms with Gasteiger partial charge in [-0.3, -0.25) is 9.10 Å². The zero-order valence-electron chi connectivity index (χ0n) is 17.8. The zero-order valence-corrected chi connectivity index (χ0v) is 19.4. The maximum atomic E-state index is 12.9. The minimum Gasteiger partial charge on any atom is -0.493 e. The fraction of sp³-hybridized carbons (Fsp3) is 0.174. The normalized spacial score (nSPS) is 11.0. The highest BCUT2D eigenvalue weighted by atomic mass is 35.5. The molecule has 0 aliphatic rings. The van der Waals surface area contributed by atoms with Gasteiger partial charge >= 0.3 is 0 Å². The average molecular weight is 475 g/mol. The van der Waals surface area contributed by atoms with Gasteiger partial charge in [-0.1, -0.05) is 41.9 Å². The van der Waals surface area contributed by atoms with Crippen LogP contribution in [0, 0.1) is 6.92 Å². The number of nitrogens with zero attached hydrogens (tertiary/aromatic N) is 1. The Morgan fingerprint density at radius 1 is 1.00 bits per heavy atom. The molecule has 7 nitrogen and oxygen atoms in total. The Morgan fingerprint density at radius 3 is 2.31 bits per heavy atom. The van der Waals surface area contributed by atoms with Gasteiger partial charge in [0.2, 0.25) is 15.9 Å². The molecular formula is C23H23ClN2O5S. The molecule has 168 valence electrons. The number of nitrogens with one attached hydrogen (secondary N) is 1. The van der Waals surface area contributed by atoms with Crippen molar-refractivity contribution in [3.05, 3.63) is 77.3 Å². The van der Waals surface area contributed by atoms with E-state index in [1.54, 1.807) is 61.5 Å². The van der Waals surface area contributed by atoms with Gasteiger partial charge in [-0.15, -0.1) is 0 Å². The SMILES string of the molecule is COc1ccccc1Oc1ccc(Cl)cc1NC(=O)CN(c1ccccc1C)S(C)(=O)=O. The van der Waals surface area contributed by atoms with E-state index in [0.29, 0.717) is 33.6 Å². The molecule has 32 heavy (non-hydrogen) atoms. The first-order valence-electron chi connectivity index (χ1n) is 9.62. The van der Waals surface area contributed by atoms with E-state index in [2.05, 4.69) is 5.32 Å². The van der Waals surface area contributed by atoms with Crippen LogP contribution < -0.4 is 19.1 Å². The average Bonchev–Trinajstić information content (AvgIpc) is 2.74. The predicted molar refractivity (Wildman–Crippen MR) is 127 cm³/mol. The number of carbonyl (C=O) groups is 1. The number of anilines is 2. The van der Waals surface area contributed by atoms with Gasteiger partial charge in [0.1, 0.15) is 6.54 Å². The van der Waals surface area contributed by atoms with Gasteiger partial charge in [0.05, 0.1) is 24.7 Å². The number of hydrogen-bond acceptors (Lipinski definition) is 5. The number of aryl methyl sites for hydroxylation is 1. The number of para-hydroxylation sites is 3. The van der Waals surface area contributed by atoms with Gasteiger partial charge < -0.3 is 14.8 Å². The van der Waals surface area contributed by atoms with Crippen molar-refractivity contribution < 1.29 is 22.7 Å². The molecule has 0 saturated carbocycles. The lowest BCUT2D eigenvalue weighted by Gasteiger charge is -2.24. The lowest BCUT2D eigenvalue weighted by molar-refractivity contribution is -0.114. The summed E-state index contributed by atoms with van der Waals surface area (Å²) in [6.07, 6.45) is 1.06. The second-order valence-electron chi connectivity index (χ2n) is 7.00. The molecule has 0 saturated heterocycles. The van der Waals surface area contributed by atoms with Crippen molar-refractivity contribution in [1.29, 1.82) is 0 Å². The molecule has 0 aliphatic carbocycles. The third kappa shape index (κ3) is 5.72. The van der Waals surface area contributed by atoms with Crippen LogP contribution >= 0.6 is 11.6 Å². The van der Waals surface area contributed by atoms with Gasteiger partial charge in [-0.2, -0.15) is 0 Å². The minimum atomic E-state index is -3.70. The molecule has 0 bridgehead atoms. The van der Waals surface area contributed by atoms with Gasteiger partial charge in [0.15, 0.2) is 17.2 Å². The van der Waals surface area contributed by atoms with Crippen molar-refractivity contribution in [1.82, 2.24) is 0 Å². The summed E-state index contributed by atoms with van der Waals surface area (Å²) in [4.78, 5) is 12.9. The van der Waals surface area contributed by atoms with Crippen molar-refractivity contribution >= 4 is 38.9 Å². The Balaban J connectivity index is 1.87. The van der Waals surface area contributed by atoms with Crippen LogP contribution in [0.25, 0.3) is 0 Å². The Kier molecular flexibility index (Phi) is 7.27. The standard InChI is InChI=1S/C23H23ClN2O5S/c1-16-8-4-5-9-19(16)26(32(3,28)29)15-23(27)25-18-14-17(24)12-13-20(18)31-22-11-7-6-10-21(22)30-2/h4-14H,15H2,1-3H3,(H,25,27). The predicted octanol–water partition coefficient (Wildman–Crippen LogP) is 4.85. The topological polar surface area (TPSA) is 84.9 Å². The van der Waals surface area contributed by atoms with E-state index in [9.17, 15) is 13.2 Å². The molecule has 1 N–H and O–H groups in total. The summed E-state index contributed by atoms with van der Waals surface area (Å²) in [5.41, 5.74) is 1.46. The number of sulfonamides is 1. The molecule has 3 aromatic rings. The smallest absolute Gasteiger partial charge is 0.245 e. The molecule has 3 aromatic carbocycles. The highest BCUT2D eigenvalue weighted by Gasteiger charge is 2.23. The molecule has 0 unspecified atom stereocenters. The van der Waals surface area contributed by atoms with Crippen molar-refractivity contribution in [3.63, 3.8) is 0 Å². The molecule has 3 rings (SSSR count). The van der Waals surface area contributed by atoms with Crippen molar-refractivity contribution in [2.24, 2.45) is 0 Å². The van der Waals surface area contributed by atoms with Crippen molar-refractivity contribution in [2.75, 3.05) is 29.5 Å². The number of rotatable bonds is 8. The van der Waals surface area contributed by atoms with Gasteiger partial charge in [0.25, 0.3) is 0 Å². The molecule has 9 heteroatoms. The highest BCUT2D eigenvalue weighted by molar-refractivity contribution is 7.92. The van der Waals surface area contributed by atoms with Gasteiger partial charge in [-0.25, -0.2) is 8.42 Å². The Morgan fingerprint density at radius 2 is 1.66 bits per heavy atom. The van der Waals surface area contributed by atoms with Crippen molar-refractivity contribution in [2.45, 2.75) is 6.92 Å². The van der Waals surface area contributed by atoms with Crippen LogP contribution in [-0.2, 0) is 14.8 Å². The van der Waals surface area contributed by atoms with Crippen LogP contribution in [0.5, 0.6) is 17.2 Å². The fourth-order valence-corrected chi connectivity index (χ4v) is 4.14. The largest absolute Gasteiger partial charge is 0.493 e. The summed E-state index contributed by atoms with van der Waals surface area (Å²) in [5, 5.41) is 3.09. The lowest BCUT2D eigenvalue weighted by atomic mass is 10.2. The van der Waals surface area contributed by atoms with Crippen LogP contribution in [0.15, 0.2) is 66.7 Å². The maximum absolute atomic E-state index is 12.9. The second kappa shape index (κ2) is 9.93. The van der Waals surface area contributed by atoms with Gasteiger partial charge in [-0.05, 0) is 48.9 Å². The monoisotopic (exact) mass is 474 g/mol.